The lowest BCUT2D eigenvalue weighted by molar-refractivity contribution is -0.145. The van der Waals surface area contributed by atoms with Gasteiger partial charge in [0.25, 0.3) is 5.91 Å². The van der Waals surface area contributed by atoms with Crippen LogP contribution in [0, 0.1) is 6.92 Å². The van der Waals surface area contributed by atoms with Crippen molar-refractivity contribution < 1.29 is 14.3 Å². The zero-order valence-corrected chi connectivity index (χ0v) is 19.7. The molecule has 2 aliphatic rings. The molecule has 2 aliphatic heterocycles. The highest BCUT2D eigenvalue weighted by Crippen LogP contribution is 2.42. The maximum absolute atomic E-state index is 13.5. The van der Waals surface area contributed by atoms with E-state index in [0.717, 1.165) is 17.1 Å². The summed E-state index contributed by atoms with van der Waals surface area (Å²) in [5, 5.41) is 12.0. The van der Waals surface area contributed by atoms with Crippen molar-refractivity contribution in [3.05, 3.63) is 65.8 Å². The SMILES string of the molecule is COc1cnc(-n2cnc(C)n2)c2c1C(C(=O)C(=O)N1CCc3c(cnn3-c3ccccn3)C1)CN2. The molecular formula is C24H23N9O3. The number of aromatic nitrogens is 7. The van der Waals surface area contributed by atoms with E-state index in [9.17, 15) is 9.59 Å². The van der Waals surface area contributed by atoms with Crippen molar-refractivity contribution in [1.82, 2.24) is 39.4 Å². The molecule has 12 nitrogen and oxygen atoms in total. The molecule has 0 saturated carbocycles. The van der Waals surface area contributed by atoms with Crippen LogP contribution in [0.25, 0.3) is 11.6 Å². The molecule has 1 unspecified atom stereocenters. The van der Waals surface area contributed by atoms with E-state index in [4.69, 9.17) is 4.74 Å². The Hall–Kier alpha value is -4.61. The number of nitrogens with one attached hydrogen (secondary N) is 1. The lowest BCUT2D eigenvalue weighted by Gasteiger charge is -2.27. The molecular weight excluding hydrogens is 462 g/mol. The number of carbonyl (C=O) groups is 2. The monoisotopic (exact) mass is 485 g/mol. The van der Waals surface area contributed by atoms with Crippen LogP contribution in [0.1, 0.15) is 28.6 Å². The van der Waals surface area contributed by atoms with Crippen molar-refractivity contribution in [2.75, 3.05) is 25.5 Å². The molecule has 182 valence electrons. The number of fused-ring (bicyclic) bond motifs is 2. The number of ether oxygens (including phenoxy) is 1. The summed E-state index contributed by atoms with van der Waals surface area (Å²) in [5.41, 5.74) is 3.12. The first-order chi connectivity index (χ1) is 17.5. The molecule has 12 heteroatoms. The first-order valence-electron chi connectivity index (χ1n) is 11.5. The molecule has 0 aromatic carbocycles. The summed E-state index contributed by atoms with van der Waals surface area (Å²) in [5.74, 6) is 0.541. The van der Waals surface area contributed by atoms with Gasteiger partial charge in [-0.25, -0.2) is 24.3 Å². The fourth-order valence-electron chi connectivity index (χ4n) is 4.82. The Morgan fingerprint density at radius 1 is 1.17 bits per heavy atom. The fraction of sp³-hybridized carbons (Fsp3) is 0.292. The van der Waals surface area contributed by atoms with Gasteiger partial charge in [0.15, 0.2) is 11.6 Å². The number of hydrogen-bond donors (Lipinski definition) is 1. The van der Waals surface area contributed by atoms with E-state index >= 15 is 0 Å². The second kappa shape index (κ2) is 8.56. The number of methoxy groups -OCH3 is 1. The Bertz CT molecular complexity index is 1480. The molecule has 4 aromatic heterocycles. The molecule has 0 bridgehead atoms. The van der Waals surface area contributed by atoms with Crippen molar-refractivity contribution in [1.29, 1.82) is 0 Å². The Morgan fingerprint density at radius 3 is 2.81 bits per heavy atom. The Morgan fingerprint density at radius 2 is 2.06 bits per heavy atom. The number of hydrogen-bond acceptors (Lipinski definition) is 9. The molecule has 1 N–H and O–H groups in total. The minimum absolute atomic E-state index is 0.263. The Balaban J connectivity index is 1.26. The number of amides is 1. The molecule has 0 radical (unpaired) electrons. The number of aryl methyl sites for hydroxylation is 1. The van der Waals surface area contributed by atoms with E-state index in [1.54, 1.807) is 46.1 Å². The van der Waals surface area contributed by atoms with E-state index < -0.39 is 17.6 Å². The molecule has 0 saturated heterocycles. The zero-order valence-electron chi connectivity index (χ0n) is 19.7. The molecule has 6 heterocycles. The number of ketones is 1. The minimum Gasteiger partial charge on any atom is -0.495 e. The van der Waals surface area contributed by atoms with Crippen LogP contribution in [-0.2, 0) is 22.6 Å². The van der Waals surface area contributed by atoms with Gasteiger partial charge in [-0.1, -0.05) is 6.07 Å². The maximum Gasteiger partial charge on any atom is 0.290 e. The Kier molecular flexibility index (Phi) is 5.20. The number of pyridine rings is 2. The molecule has 6 rings (SSSR count). The highest BCUT2D eigenvalue weighted by molar-refractivity contribution is 6.38. The molecule has 4 aromatic rings. The van der Waals surface area contributed by atoms with Gasteiger partial charge in [-0.05, 0) is 19.1 Å². The fourth-order valence-corrected chi connectivity index (χ4v) is 4.82. The third-order valence-corrected chi connectivity index (χ3v) is 6.55. The number of rotatable bonds is 5. The molecule has 0 spiro atoms. The van der Waals surface area contributed by atoms with Gasteiger partial charge in [0.05, 0.1) is 36.8 Å². The number of anilines is 1. The zero-order chi connectivity index (χ0) is 24.8. The van der Waals surface area contributed by atoms with E-state index in [2.05, 4.69) is 30.5 Å². The lowest BCUT2D eigenvalue weighted by atomic mass is 9.95. The number of carbonyl (C=O) groups excluding carboxylic acids is 2. The van der Waals surface area contributed by atoms with Gasteiger partial charge in [-0.3, -0.25) is 9.59 Å². The van der Waals surface area contributed by atoms with Crippen LogP contribution in [0.2, 0.25) is 0 Å². The van der Waals surface area contributed by atoms with Gasteiger partial charge in [0.1, 0.15) is 17.9 Å². The standard InChI is InChI=1S/C24H23N9O3/c1-14-28-13-32(30-14)23-21-20(18(36-2)11-27-23)16(10-26-21)22(34)24(35)31-8-6-17-15(12-31)9-29-33(17)19-5-3-4-7-25-19/h3-5,7,9,11,13,16,26H,6,8,10,12H2,1-2H3. The molecule has 36 heavy (non-hydrogen) atoms. The normalized spacial score (nSPS) is 16.3. The highest BCUT2D eigenvalue weighted by atomic mass is 16.5. The van der Waals surface area contributed by atoms with Crippen molar-refractivity contribution in [2.24, 2.45) is 0 Å². The smallest absolute Gasteiger partial charge is 0.290 e. The summed E-state index contributed by atoms with van der Waals surface area (Å²) in [4.78, 5) is 41.4. The van der Waals surface area contributed by atoms with Crippen molar-refractivity contribution in [3.63, 3.8) is 0 Å². The van der Waals surface area contributed by atoms with Crippen molar-refractivity contribution >= 4 is 17.4 Å². The van der Waals surface area contributed by atoms with E-state index in [1.165, 1.54) is 7.11 Å². The maximum atomic E-state index is 13.5. The van der Waals surface area contributed by atoms with Gasteiger partial charge >= 0.3 is 0 Å². The molecule has 0 fully saturated rings. The van der Waals surface area contributed by atoms with Gasteiger partial charge in [-0.15, -0.1) is 0 Å². The summed E-state index contributed by atoms with van der Waals surface area (Å²) in [6.07, 6.45) is 7.13. The third-order valence-electron chi connectivity index (χ3n) is 6.55. The second-order valence-corrected chi connectivity index (χ2v) is 8.67. The first kappa shape index (κ1) is 21.9. The van der Waals surface area contributed by atoms with Crippen LogP contribution >= 0.6 is 0 Å². The van der Waals surface area contributed by atoms with E-state index in [1.807, 2.05) is 18.2 Å². The van der Waals surface area contributed by atoms with E-state index in [-0.39, 0.29) is 6.54 Å². The number of Topliss-reactive ketones (excluding diaryl/α,β-unsaturated/α-hetero) is 1. The van der Waals surface area contributed by atoms with Gasteiger partial charge in [0, 0.05) is 43.4 Å². The quantitative estimate of drug-likeness (QED) is 0.414. The van der Waals surface area contributed by atoms with Crippen LogP contribution in [-0.4, -0.2) is 71.3 Å². The van der Waals surface area contributed by atoms with E-state index in [0.29, 0.717) is 48.2 Å². The third kappa shape index (κ3) is 3.49. The van der Waals surface area contributed by atoms with Gasteiger partial charge in [0.2, 0.25) is 5.78 Å². The first-order valence-corrected chi connectivity index (χ1v) is 11.5. The average Bonchev–Trinajstić information content (AvgIpc) is 3.65. The van der Waals surface area contributed by atoms with Gasteiger partial charge < -0.3 is 15.0 Å². The summed E-state index contributed by atoms with van der Waals surface area (Å²) >= 11 is 0. The van der Waals surface area contributed by atoms with Crippen LogP contribution < -0.4 is 10.1 Å². The average molecular weight is 486 g/mol. The topological polar surface area (TPSA) is 133 Å². The predicted molar refractivity (Wildman–Crippen MR) is 127 cm³/mol. The predicted octanol–water partition coefficient (Wildman–Crippen LogP) is 1.22. The highest BCUT2D eigenvalue weighted by Gasteiger charge is 2.40. The van der Waals surface area contributed by atoms with Crippen molar-refractivity contribution in [2.45, 2.75) is 25.8 Å². The minimum atomic E-state index is -0.702. The van der Waals surface area contributed by atoms with Crippen LogP contribution in [0.3, 0.4) is 0 Å². The summed E-state index contributed by atoms with van der Waals surface area (Å²) in [6.45, 7) is 2.78. The van der Waals surface area contributed by atoms with Crippen LogP contribution in [0.5, 0.6) is 5.75 Å². The lowest BCUT2D eigenvalue weighted by Crippen LogP contribution is -2.42. The van der Waals surface area contributed by atoms with Crippen LogP contribution in [0.15, 0.2) is 43.1 Å². The van der Waals surface area contributed by atoms with Gasteiger partial charge in [-0.2, -0.15) is 10.2 Å². The molecule has 0 aliphatic carbocycles. The summed E-state index contributed by atoms with van der Waals surface area (Å²) in [7, 11) is 1.52. The molecule has 1 amide bonds. The van der Waals surface area contributed by atoms with Crippen LogP contribution in [0.4, 0.5) is 5.69 Å². The number of nitrogens with zero attached hydrogens (tertiary/aromatic N) is 8. The summed E-state index contributed by atoms with van der Waals surface area (Å²) in [6, 6.07) is 5.64. The largest absolute Gasteiger partial charge is 0.495 e. The summed E-state index contributed by atoms with van der Waals surface area (Å²) < 4.78 is 8.84. The van der Waals surface area contributed by atoms with Crippen molar-refractivity contribution in [3.8, 4) is 17.4 Å². The second-order valence-electron chi connectivity index (χ2n) is 8.67. The Labute approximate surface area is 205 Å². The molecule has 1 atom stereocenters.